The van der Waals surface area contributed by atoms with E-state index in [-0.39, 0.29) is 5.91 Å². The molecule has 4 aromatic rings. The second-order valence-electron chi connectivity index (χ2n) is 5.47. The quantitative estimate of drug-likeness (QED) is 0.600. The van der Waals surface area contributed by atoms with Crippen LogP contribution in [0.1, 0.15) is 10.4 Å². The Bertz CT molecular complexity index is 1050. The second-order valence-corrected chi connectivity index (χ2v) is 5.88. The highest BCUT2D eigenvalue weighted by atomic mass is 35.5. The number of amides is 1. The number of hydrogen-bond donors (Lipinski definition) is 1. The summed E-state index contributed by atoms with van der Waals surface area (Å²) in [5, 5.41) is 7.68. The normalized spacial score (nSPS) is 10.8. The second kappa shape index (κ2) is 6.37. The fourth-order valence-electron chi connectivity index (χ4n) is 2.64. The number of nitrogens with zero attached hydrogens (tertiary/aromatic N) is 3. The molecule has 0 unspecified atom stereocenters. The zero-order chi connectivity index (χ0) is 17.2. The SMILES string of the molecule is O=C(Nc1cc(-c2ccccc2)cc2c(Cl)cnn12)c1ccncc1. The van der Waals surface area contributed by atoms with E-state index in [0.717, 1.165) is 16.6 Å². The van der Waals surface area contributed by atoms with Gasteiger partial charge < -0.3 is 5.32 Å². The van der Waals surface area contributed by atoms with Crippen molar-refractivity contribution in [1.82, 2.24) is 14.6 Å². The molecule has 1 amide bonds. The predicted octanol–water partition coefficient (Wildman–Crippen LogP) is 4.30. The lowest BCUT2D eigenvalue weighted by Crippen LogP contribution is -2.14. The van der Waals surface area contributed by atoms with E-state index in [9.17, 15) is 4.79 Å². The average Bonchev–Trinajstić information content (AvgIpc) is 3.04. The van der Waals surface area contributed by atoms with Crippen LogP contribution in [-0.2, 0) is 0 Å². The first-order valence-corrected chi connectivity index (χ1v) is 8.04. The third kappa shape index (κ3) is 2.97. The van der Waals surface area contributed by atoms with Crippen molar-refractivity contribution in [2.24, 2.45) is 0 Å². The van der Waals surface area contributed by atoms with Crippen molar-refractivity contribution in [2.75, 3.05) is 5.32 Å². The van der Waals surface area contributed by atoms with Crippen molar-refractivity contribution >= 4 is 28.8 Å². The molecule has 6 heteroatoms. The van der Waals surface area contributed by atoms with E-state index in [1.807, 2.05) is 42.5 Å². The Morgan fingerprint density at radius 1 is 1.00 bits per heavy atom. The molecule has 3 aromatic heterocycles. The molecule has 25 heavy (non-hydrogen) atoms. The van der Waals surface area contributed by atoms with Crippen molar-refractivity contribution in [2.45, 2.75) is 0 Å². The Balaban J connectivity index is 1.81. The van der Waals surface area contributed by atoms with E-state index < -0.39 is 0 Å². The minimum atomic E-state index is -0.236. The van der Waals surface area contributed by atoms with Gasteiger partial charge in [-0.3, -0.25) is 9.78 Å². The summed E-state index contributed by atoms with van der Waals surface area (Å²) in [5.41, 5.74) is 3.22. The molecule has 122 valence electrons. The summed E-state index contributed by atoms with van der Waals surface area (Å²) in [4.78, 5) is 16.4. The Morgan fingerprint density at radius 3 is 2.52 bits per heavy atom. The highest BCUT2D eigenvalue weighted by molar-refractivity contribution is 6.33. The van der Waals surface area contributed by atoms with Crippen LogP contribution in [0.2, 0.25) is 5.02 Å². The lowest BCUT2D eigenvalue weighted by atomic mass is 10.1. The number of halogens is 1. The molecule has 4 rings (SSSR count). The van der Waals surface area contributed by atoms with Crippen LogP contribution < -0.4 is 5.32 Å². The van der Waals surface area contributed by atoms with Crippen LogP contribution in [0, 0.1) is 0 Å². The van der Waals surface area contributed by atoms with Gasteiger partial charge in [0.1, 0.15) is 5.82 Å². The minimum Gasteiger partial charge on any atom is -0.306 e. The number of aromatic nitrogens is 3. The molecule has 0 saturated heterocycles. The summed E-state index contributed by atoms with van der Waals surface area (Å²) in [7, 11) is 0. The number of benzene rings is 1. The molecule has 0 spiro atoms. The number of hydrogen-bond acceptors (Lipinski definition) is 3. The van der Waals surface area contributed by atoms with Gasteiger partial charge in [0.05, 0.1) is 16.7 Å². The van der Waals surface area contributed by atoms with E-state index >= 15 is 0 Å². The molecule has 3 heterocycles. The Labute approximate surface area is 148 Å². The van der Waals surface area contributed by atoms with E-state index in [2.05, 4.69) is 15.4 Å². The molecule has 1 aromatic carbocycles. The lowest BCUT2D eigenvalue weighted by molar-refractivity contribution is 0.102. The predicted molar refractivity (Wildman–Crippen MR) is 97.8 cm³/mol. The summed E-state index contributed by atoms with van der Waals surface area (Å²) in [6.07, 6.45) is 4.72. The highest BCUT2D eigenvalue weighted by Crippen LogP contribution is 2.28. The molecular formula is C19H13ClN4O. The van der Waals surface area contributed by atoms with Gasteiger partial charge in [-0.25, -0.2) is 4.52 Å². The van der Waals surface area contributed by atoms with Crippen molar-refractivity contribution in [3.63, 3.8) is 0 Å². The summed E-state index contributed by atoms with van der Waals surface area (Å²) in [5.74, 6) is 0.311. The standard InChI is InChI=1S/C19H13ClN4O/c20-16-12-22-24-17(16)10-15(13-4-2-1-3-5-13)11-18(24)23-19(25)14-6-8-21-9-7-14/h1-12H,(H,23,25). The third-order valence-electron chi connectivity index (χ3n) is 3.86. The number of fused-ring (bicyclic) bond motifs is 1. The first-order valence-electron chi connectivity index (χ1n) is 7.66. The van der Waals surface area contributed by atoms with Crippen LogP contribution in [0.25, 0.3) is 16.6 Å². The number of carbonyl (C=O) groups is 1. The van der Waals surface area contributed by atoms with E-state index in [1.165, 1.54) is 0 Å². The molecule has 0 fully saturated rings. The number of pyridine rings is 2. The fraction of sp³-hybridized carbons (Fsp3) is 0. The molecular weight excluding hydrogens is 336 g/mol. The first-order chi connectivity index (χ1) is 12.2. The maximum absolute atomic E-state index is 12.5. The van der Waals surface area contributed by atoms with Crippen LogP contribution in [0.3, 0.4) is 0 Å². The van der Waals surface area contributed by atoms with Gasteiger partial charge in [0, 0.05) is 18.0 Å². The van der Waals surface area contributed by atoms with Gasteiger partial charge in [-0.2, -0.15) is 5.10 Å². The van der Waals surface area contributed by atoms with Crippen molar-refractivity contribution in [3.8, 4) is 11.1 Å². The fourth-order valence-corrected chi connectivity index (χ4v) is 2.81. The molecule has 0 aliphatic carbocycles. The zero-order valence-corrected chi connectivity index (χ0v) is 13.8. The van der Waals surface area contributed by atoms with Gasteiger partial charge in [0.15, 0.2) is 0 Å². The molecule has 0 aliphatic rings. The van der Waals surface area contributed by atoms with Gasteiger partial charge in [0.25, 0.3) is 5.91 Å². The maximum atomic E-state index is 12.5. The van der Waals surface area contributed by atoms with Crippen LogP contribution in [-0.4, -0.2) is 20.5 Å². The van der Waals surface area contributed by atoms with Crippen molar-refractivity contribution in [1.29, 1.82) is 0 Å². The first kappa shape index (κ1) is 15.4. The minimum absolute atomic E-state index is 0.236. The van der Waals surface area contributed by atoms with Gasteiger partial charge in [-0.1, -0.05) is 41.9 Å². The van der Waals surface area contributed by atoms with Gasteiger partial charge >= 0.3 is 0 Å². The topological polar surface area (TPSA) is 59.3 Å². The van der Waals surface area contributed by atoms with Crippen LogP contribution in [0.4, 0.5) is 5.82 Å². The molecule has 0 aliphatic heterocycles. The molecule has 0 saturated carbocycles. The van der Waals surface area contributed by atoms with Crippen LogP contribution >= 0.6 is 11.6 Å². The number of rotatable bonds is 3. The van der Waals surface area contributed by atoms with Gasteiger partial charge in [-0.05, 0) is 35.4 Å². The summed E-state index contributed by atoms with van der Waals surface area (Å²) in [6.45, 7) is 0. The largest absolute Gasteiger partial charge is 0.306 e. The highest BCUT2D eigenvalue weighted by Gasteiger charge is 2.13. The summed E-state index contributed by atoms with van der Waals surface area (Å²) < 4.78 is 1.62. The van der Waals surface area contributed by atoms with E-state index in [1.54, 1.807) is 35.2 Å². The molecule has 1 N–H and O–H groups in total. The smallest absolute Gasteiger partial charge is 0.256 e. The number of carbonyl (C=O) groups excluding carboxylic acids is 1. The summed E-state index contributed by atoms with van der Waals surface area (Å²) in [6, 6.07) is 17.0. The average molecular weight is 349 g/mol. The number of anilines is 1. The monoisotopic (exact) mass is 348 g/mol. The van der Waals surface area contributed by atoms with Crippen LogP contribution in [0.15, 0.2) is 73.2 Å². The molecule has 0 radical (unpaired) electrons. The maximum Gasteiger partial charge on any atom is 0.256 e. The molecule has 0 bridgehead atoms. The van der Waals surface area contributed by atoms with Gasteiger partial charge in [0.2, 0.25) is 0 Å². The van der Waals surface area contributed by atoms with Crippen LogP contribution in [0.5, 0.6) is 0 Å². The third-order valence-corrected chi connectivity index (χ3v) is 4.15. The van der Waals surface area contributed by atoms with Gasteiger partial charge in [-0.15, -0.1) is 0 Å². The number of nitrogens with one attached hydrogen (secondary N) is 1. The Morgan fingerprint density at radius 2 is 1.76 bits per heavy atom. The van der Waals surface area contributed by atoms with E-state index in [4.69, 9.17) is 11.6 Å². The molecule has 0 atom stereocenters. The zero-order valence-electron chi connectivity index (χ0n) is 13.1. The summed E-state index contributed by atoms with van der Waals surface area (Å²) >= 11 is 6.25. The van der Waals surface area contributed by atoms with Crippen molar-refractivity contribution in [3.05, 3.63) is 83.8 Å². The Kier molecular flexibility index (Phi) is 3.91. The van der Waals surface area contributed by atoms with E-state index in [0.29, 0.717) is 16.4 Å². The lowest BCUT2D eigenvalue weighted by Gasteiger charge is -2.11. The van der Waals surface area contributed by atoms with Crippen molar-refractivity contribution < 1.29 is 4.79 Å². The molecule has 5 nitrogen and oxygen atoms in total. The Hall–Kier alpha value is -3.18.